The van der Waals surface area contributed by atoms with Gasteiger partial charge in [-0.15, -0.1) is 0 Å². The zero-order chi connectivity index (χ0) is 21.6. The summed E-state index contributed by atoms with van der Waals surface area (Å²) in [5.74, 6) is -0.385. The number of aromatic nitrogens is 2. The minimum atomic E-state index is -3.64. The second kappa shape index (κ2) is 10.3. The molecule has 0 unspecified atom stereocenters. The van der Waals surface area contributed by atoms with Gasteiger partial charge in [-0.05, 0) is 43.5 Å². The van der Waals surface area contributed by atoms with E-state index >= 15 is 0 Å². The number of hydrogen-bond acceptors (Lipinski definition) is 7. The third kappa shape index (κ3) is 5.96. The fraction of sp³-hybridized carbons (Fsp3) is 0.421. The molecule has 0 spiro atoms. The fourth-order valence-corrected chi connectivity index (χ4v) is 4.39. The van der Waals surface area contributed by atoms with Crippen LogP contribution in [-0.2, 0) is 14.8 Å². The summed E-state index contributed by atoms with van der Waals surface area (Å²) in [6, 6.07) is 5.54. The largest absolute Gasteiger partial charge is 0.394 e. The summed E-state index contributed by atoms with van der Waals surface area (Å²) in [6.07, 6.45) is 5.09. The molecular formula is C19H23ClN4O5S. The average Bonchev–Trinajstić information content (AvgIpc) is 2.75. The molecule has 1 saturated heterocycles. The molecule has 11 heteroatoms. The van der Waals surface area contributed by atoms with Crippen molar-refractivity contribution in [1.29, 1.82) is 0 Å². The molecule has 1 aliphatic rings. The number of amides is 1. The number of ether oxygens (including phenoxy) is 1. The van der Waals surface area contributed by atoms with E-state index in [2.05, 4.69) is 20.0 Å². The highest BCUT2D eigenvalue weighted by atomic mass is 35.5. The number of aliphatic hydroxyl groups excluding tert-OH is 1. The quantitative estimate of drug-likeness (QED) is 0.545. The van der Waals surface area contributed by atoms with Crippen molar-refractivity contribution in [3.05, 3.63) is 53.6 Å². The average molecular weight is 455 g/mol. The number of carbonyl (C=O) groups is 1. The van der Waals surface area contributed by atoms with E-state index in [9.17, 15) is 18.3 Å². The number of sulfonamides is 1. The molecule has 0 radical (unpaired) electrons. The first-order valence-electron chi connectivity index (χ1n) is 9.47. The van der Waals surface area contributed by atoms with Crippen LogP contribution in [0.5, 0.6) is 0 Å². The molecule has 1 fully saturated rings. The Morgan fingerprint density at radius 3 is 2.67 bits per heavy atom. The van der Waals surface area contributed by atoms with Crippen molar-refractivity contribution < 1.29 is 23.1 Å². The first kappa shape index (κ1) is 22.6. The molecule has 162 valence electrons. The summed E-state index contributed by atoms with van der Waals surface area (Å²) in [5.41, 5.74) is 0.188. The molecule has 1 amide bonds. The molecule has 3 rings (SSSR count). The molecular weight excluding hydrogens is 432 g/mol. The zero-order valence-corrected chi connectivity index (χ0v) is 17.6. The van der Waals surface area contributed by atoms with Crippen molar-refractivity contribution in [2.75, 3.05) is 13.2 Å². The van der Waals surface area contributed by atoms with E-state index in [0.29, 0.717) is 24.3 Å². The van der Waals surface area contributed by atoms with E-state index in [1.807, 2.05) is 0 Å². The Bertz CT molecular complexity index is 943. The number of hydrogen-bond donors (Lipinski definition) is 3. The predicted molar refractivity (Wildman–Crippen MR) is 110 cm³/mol. The Balaban J connectivity index is 1.49. The number of nitrogens with zero attached hydrogens (tertiary/aromatic N) is 2. The normalized spacial score (nSPS) is 21.9. The van der Waals surface area contributed by atoms with Gasteiger partial charge in [0.1, 0.15) is 11.8 Å². The van der Waals surface area contributed by atoms with Gasteiger partial charge in [0.25, 0.3) is 5.91 Å². The van der Waals surface area contributed by atoms with Crippen molar-refractivity contribution in [3.63, 3.8) is 0 Å². The van der Waals surface area contributed by atoms with Gasteiger partial charge in [-0.1, -0.05) is 11.6 Å². The molecule has 1 aromatic heterocycles. The maximum Gasteiger partial charge on any atom is 0.271 e. The molecule has 0 aliphatic carbocycles. The van der Waals surface area contributed by atoms with Gasteiger partial charge in [0.15, 0.2) is 0 Å². The Hall–Kier alpha value is -2.11. The van der Waals surface area contributed by atoms with Crippen molar-refractivity contribution >= 4 is 27.5 Å². The second-order valence-electron chi connectivity index (χ2n) is 6.87. The van der Waals surface area contributed by atoms with Gasteiger partial charge in [-0.2, -0.15) is 0 Å². The number of nitrogens with one attached hydrogen (secondary N) is 2. The number of halogens is 1. The summed E-state index contributed by atoms with van der Waals surface area (Å²) in [6.45, 7) is -0.0805. The van der Waals surface area contributed by atoms with Crippen LogP contribution in [0.15, 0.2) is 47.8 Å². The summed E-state index contributed by atoms with van der Waals surface area (Å²) < 4.78 is 33.1. The summed E-state index contributed by atoms with van der Waals surface area (Å²) in [5, 5.41) is 12.9. The lowest BCUT2D eigenvalue weighted by molar-refractivity contribution is -0.0891. The molecule has 3 atom stereocenters. The minimum absolute atomic E-state index is 0.136. The van der Waals surface area contributed by atoms with Crippen LogP contribution < -0.4 is 10.0 Å². The van der Waals surface area contributed by atoms with Gasteiger partial charge in [-0.25, -0.2) is 18.1 Å². The summed E-state index contributed by atoms with van der Waals surface area (Å²) >= 11 is 5.79. The Morgan fingerprint density at radius 1 is 1.23 bits per heavy atom. The molecule has 1 aliphatic heterocycles. The van der Waals surface area contributed by atoms with Crippen LogP contribution in [0.3, 0.4) is 0 Å². The number of carbonyl (C=O) groups excluding carboxylic acids is 1. The second-order valence-corrected chi connectivity index (χ2v) is 9.07. The lowest BCUT2D eigenvalue weighted by Gasteiger charge is -2.36. The van der Waals surface area contributed by atoms with Crippen molar-refractivity contribution in [2.24, 2.45) is 0 Å². The van der Waals surface area contributed by atoms with Crippen LogP contribution in [0.2, 0.25) is 5.02 Å². The number of benzene rings is 1. The van der Waals surface area contributed by atoms with Crippen LogP contribution >= 0.6 is 11.6 Å². The molecule has 2 heterocycles. The molecule has 2 aromatic rings. The van der Waals surface area contributed by atoms with Crippen LogP contribution in [0.1, 0.15) is 29.8 Å². The van der Waals surface area contributed by atoms with E-state index in [0.717, 1.165) is 0 Å². The van der Waals surface area contributed by atoms with Gasteiger partial charge in [0.2, 0.25) is 10.0 Å². The third-order valence-electron chi connectivity index (χ3n) is 4.79. The fourth-order valence-electron chi connectivity index (χ4n) is 3.22. The highest BCUT2D eigenvalue weighted by molar-refractivity contribution is 7.89. The minimum Gasteiger partial charge on any atom is -0.394 e. The highest BCUT2D eigenvalue weighted by Crippen LogP contribution is 2.22. The SMILES string of the molecule is O=C(N[C@H]1CC[C@@H](CCNS(=O)(=O)c2ccc(Cl)cc2)O[C@@H]1CO)c1cnccn1. The lowest BCUT2D eigenvalue weighted by atomic mass is 9.97. The maximum absolute atomic E-state index is 12.3. The van der Waals surface area contributed by atoms with Crippen LogP contribution in [0.25, 0.3) is 0 Å². The standard InChI is InChI=1S/C19H23ClN4O5S/c20-13-1-4-15(5-2-13)30(27,28)23-8-7-14-3-6-16(18(12-25)29-14)24-19(26)17-11-21-9-10-22-17/h1-2,4-5,9-11,14,16,18,23,25H,3,6-8,12H2,(H,24,26)/t14-,16-,18+/m0/s1. The monoisotopic (exact) mass is 454 g/mol. The Morgan fingerprint density at radius 2 is 2.00 bits per heavy atom. The Labute approximate surface area is 179 Å². The topological polar surface area (TPSA) is 131 Å². The van der Waals surface area contributed by atoms with E-state index in [1.54, 1.807) is 0 Å². The zero-order valence-electron chi connectivity index (χ0n) is 16.1. The van der Waals surface area contributed by atoms with Crippen molar-refractivity contribution in [3.8, 4) is 0 Å². The molecule has 1 aromatic carbocycles. The predicted octanol–water partition coefficient (Wildman–Crippen LogP) is 1.14. The van der Waals surface area contributed by atoms with Gasteiger partial charge < -0.3 is 15.2 Å². The summed E-state index contributed by atoms with van der Waals surface area (Å²) in [4.78, 5) is 20.2. The molecule has 0 saturated carbocycles. The summed E-state index contributed by atoms with van der Waals surface area (Å²) in [7, 11) is -3.64. The van der Waals surface area contributed by atoms with E-state index in [-0.39, 0.29) is 41.8 Å². The van der Waals surface area contributed by atoms with Gasteiger partial charge in [0, 0.05) is 24.0 Å². The van der Waals surface area contributed by atoms with E-state index < -0.39 is 16.1 Å². The molecule has 0 bridgehead atoms. The van der Waals surface area contributed by atoms with Gasteiger partial charge in [0.05, 0.1) is 29.8 Å². The Kier molecular flexibility index (Phi) is 7.73. The van der Waals surface area contributed by atoms with E-state index in [4.69, 9.17) is 16.3 Å². The first-order chi connectivity index (χ1) is 14.4. The third-order valence-corrected chi connectivity index (χ3v) is 6.52. The first-order valence-corrected chi connectivity index (χ1v) is 11.3. The number of aliphatic hydroxyl groups is 1. The van der Waals surface area contributed by atoms with Crippen LogP contribution in [-0.4, -0.2) is 60.8 Å². The smallest absolute Gasteiger partial charge is 0.271 e. The van der Waals surface area contributed by atoms with Gasteiger partial charge >= 0.3 is 0 Å². The molecule has 9 nitrogen and oxygen atoms in total. The van der Waals surface area contributed by atoms with Crippen LogP contribution in [0.4, 0.5) is 0 Å². The number of rotatable bonds is 8. The van der Waals surface area contributed by atoms with Crippen molar-refractivity contribution in [1.82, 2.24) is 20.0 Å². The van der Waals surface area contributed by atoms with E-state index in [1.165, 1.54) is 42.9 Å². The lowest BCUT2D eigenvalue weighted by Crippen LogP contribution is -2.51. The maximum atomic E-state index is 12.3. The van der Waals surface area contributed by atoms with Gasteiger partial charge in [-0.3, -0.25) is 9.78 Å². The highest BCUT2D eigenvalue weighted by Gasteiger charge is 2.32. The molecule has 30 heavy (non-hydrogen) atoms. The van der Waals surface area contributed by atoms with Crippen LogP contribution in [0, 0.1) is 0 Å². The molecule has 3 N–H and O–H groups in total. The van der Waals surface area contributed by atoms with Crippen molar-refractivity contribution in [2.45, 2.75) is 42.4 Å².